The van der Waals surface area contributed by atoms with E-state index in [0.29, 0.717) is 0 Å². The van der Waals surface area contributed by atoms with Crippen LogP contribution in [0.25, 0.3) is 0 Å². The first-order chi connectivity index (χ1) is 9.65. The predicted molar refractivity (Wildman–Crippen MR) is 90.7 cm³/mol. The number of ether oxygens (including phenoxy) is 2. The fraction of sp³-hybridized carbons (Fsp3) is 0.250. The van der Waals surface area contributed by atoms with Gasteiger partial charge in [0.25, 0.3) is 0 Å². The fourth-order valence-electron chi connectivity index (χ4n) is 2.07. The van der Waals surface area contributed by atoms with Crippen molar-refractivity contribution in [3.63, 3.8) is 0 Å². The lowest BCUT2D eigenvalue weighted by molar-refractivity contribution is 0.397. The molecule has 0 aromatic heterocycles. The number of nitrogens with one attached hydrogen (secondary N) is 1. The monoisotopic (exact) mass is 383 g/mol. The minimum Gasteiger partial charge on any atom is -0.497 e. The van der Waals surface area contributed by atoms with E-state index >= 15 is 0 Å². The third-order valence-corrected chi connectivity index (χ3v) is 4.09. The van der Waals surface area contributed by atoms with Crippen LogP contribution in [-0.2, 0) is 0 Å². The van der Waals surface area contributed by atoms with Crippen LogP contribution in [0.2, 0.25) is 0 Å². The molecule has 106 valence electrons. The Labute approximate surface area is 133 Å². The Bertz CT molecular complexity index is 586. The van der Waals surface area contributed by atoms with Crippen LogP contribution in [0.15, 0.2) is 42.5 Å². The number of halogens is 1. The Balaban J connectivity index is 2.28. The number of rotatable bonds is 5. The maximum absolute atomic E-state index is 5.44. The molecule has 0 spiro atoms. The number of anilines is 1. The molecule has 0 bridgehead atoms. The molecule has 0 saturated heterocycles. The standard InChI is InChI=1S/C16H18INO2/c1-11(18-15-7-5-4-6-14(15)17)13-10-12(19-2)8-9-16(13)20-3/h4-11,18H,1-3H3. The van der Waals surface area contributed by atoms with Gasteiger partial charge in [-0.15, -0.1) is 0 Å². The molecule has 20 heavy (non-hydrogen) atoms. The predicted octanol–water partition coefficient (Wildman–Crippen LogP) is 4.48. The first-order valence-electron chi connectivity index (χ1n) is 6.38. The van der Waals surface area contributed by atoms with Crippen molar-refractivity contribution in [2.24, 2.45) is 0 Å². The van der Waals surface area contributed by atoms with Crippen LogP contribution < -0.4 is 14.8 Å². The van der Waals surface area contributed by atoms with Gasteiger partial charge in [0.1, 0.15) is 11.5 Å². The van der Waals surface area contributed by atoms with Gasteiger partial charge in [0.2, 0.25) is 0 Å². The molecule has 1 N–H and O–H groups in total. The van der Waals surface area contributed by atoms with E-state index < -0.39 is 0 Å². The van der Waals surface area contributed by atoms with Crippen molar-refractivity contribution in [1.29, 1.82) is 0 Å². The van der Waals surface area contributed by atoms with Crippen molar-refractivity contribution in [3.05, 3.63) is 51.6 Å². The van der Waals surface area contributed by atoms with Gasteiger partial charge in [-0.2, -0.15) is 0 Å². The highest BCUT2D eigenvalue weighted by atomic mass is 127. The molecular weight excluding hydrogens is 365 g/mol. The topological polar surface area (TPSA) is 30.5 Å². The summed E-state index contributed by atoms with van der Waals surface area (Å²) in [6, 6.07) is 14.2. The molecule has 3 nitrogen and oxygen atoms in total. The lowest BCUT2D eigenvalue weighted by Crippen LogP contribution is -2.09. The average molecular weight is 383 g/mol. The van der Waals surface area contributed by atoms with Crippen molar-refractivity contribution >= 4 is 28.3 Å². The molecule has 2 rings (SSSR count). The van der Waals surface area contributed by atoms with Crippen molar-refractivity contribution < 1.29 is 9.47 Å². The van der Waals surface area contributed by atoms with Gasteiger partial charge >= 0.3 is 0 Å². The second-order valence-electron chi connectivity index (χ2n) is 4.45. The van der Waals surface area contributed by atoms with E-state index in [1.54, 1.807) is 14.2 Å². The molecule has 1 unspecified atom stereocenters. The zero-order valence-electron chi connectivity index (χ0n) is 11.8. The van der Waals surface area contributed by atoms with E-state index in [9.17, 15) is 0 Å². The third-order valence-electron chi connectivity index (χ3n) is 3.15. The maximum atomic E-state index is 5.44. The Kier molecular flexibility index (Phi) is 5.11. The Morgan fingerprint density at radius 3 is 2.45 bits per heavy atom. The van der Waals surface area contributed by atoms with Gasteiger partial charge in [0.15, 0.2) is 0 Å². The van der Waals surface area contributed by atoms with Gasteiger partial charge in [-0.1, -0.05) is 12.1 Å². The molecule has 0 saturated carbocycles. The van der Waals surface area contributed by atoms with Crippen LogP contribution in [0, 0.1) is 3.57 Å². The Morgan fingerprint density at radius 2 is 1.80 bits per heavy atom. The van der Waals surface area contributed by atoms with Crippen LogP contribution in [0.1, 0.15) is 18.5 Å². The van der Waals surface area contributed by atoms with E-state index in [0.717, 1.165) is 22.7 Å². The SMILES string of the molecule is COc1ccc(OC)c(C(C)Nc2ccccc2I)c1. The largest absolute Gasteiger partial charge is 0.497 e. The van der Waals surface area contributed by atoms with E-state index in [2.05, 4.69) is 47.0 Å². The molecule has 4 heteroatoms. The summed E-state index contributed by atoms with van der Waals surface area (Å²) in [6.45, 7) is 2.11. The zero-order valence-corrected chi connectivity index (χ0v) is 14.0. The van der Waals surface area contributed by atoms with Gasteiger partial charge in [0, 0.05) is 14.8 Å². The molecule has 0 aliphatic carbocycles. The van der Waals surface area contributed by atoms with Gasteiger partial charge in [-0.05, 0) is 59.8 Å². The summed E-state index contributed by atoms with van der Waals surface area (Å²) >= 11 is 2.33. The summed E-state index contributed by atoms with van der Waals surface area (Å²) in [6.07, 6.45) is 0. The molecule has 2 aromatic carbocycles. The second-order valence-corrected chi connectivity index (χ2v) is 5.62. The Morgan fingerprint density at radius 1 is 1.05 bits per heavy atom. The zero-order chi connectivity index (χ0) is 14.5. The molecule has 0 radical (unpaired) electrons. The normalized spacial score (nSPS) is 11.8. The van der Waals surface area contributed by atoms with Gasteiger partial charge < -0.3 is 14.8 Å². The second kappa shape index (κ2) is 6.83. The van der Waals surface area contributed by atoms with Gasteiger partial charge in [-0.3, -0.25) is 0 Å². The summed E-state index contributed by atoms with van der Waals surface area (Å²) in [5.74, 6) is 1.69. The van der Waals surface area contributed by atoms with E-state index in [4.69, 9.17) is 9.47 Å². The number of methoxy groups -OCH3 is 2. The first kappa shape index (κ1) is 15.0. The molecule has 1 atom stereocenters. The van der Waals surface area contributed by atoms with Crippen molar-refractivity contribution in [2.45, 2.75) is 13.0 Å². The molecule has 0 fully saturated rings. The highest BCUT2D eigenvalue weighted by molar-refractivity contribution is 14.1. The molecule has 0 amide bonds. The lowest BCUT2D eigenvalue weighted by atomic mass is 10.1. The van der Waals surface area contributed by atoms with Crippen molar-refractivity contribution in [2.75, 3.05) is 19.5 Å². The molecule has 0 aliphatic heterocycles. The quantitative estimate of drug-likeness (QED) is 0.773. The van der Waals surface area contributed by atoms with Crippen LogP contribution in [0.5, 0.6) is 11.5 Å². The molecular formula is C16H18INO2. The summed E-state index contributed by atoms with van der Waals surface area (Å²) in [7, 11) is 3.36. The van der Waals surface area contributed by atoms with E-state index in [1.165, 1.54) is 3.57 Å². The average Bonchev–Trinajstić information content (AvgIpc) is 2.48. The van der Waals surface area contributed by atoms with E-state index in [1.807, 2.05) is 30.3 Å². The van der Waals surface area contributed by atoms with Crippen LogP contribution in [-0.4, -0.2) is 14.2 Å². The van der Waals surface area contributed by atoms with Crippen molar-refractivity contribution in [1.82, 2.24) is 0 Å². The fourth-order valence-corrected chi connectivity index (χ4v) is 2.61. The van der Waals surface area contributed by atoms with Crippen LogP contribution in [0.4, 0.5) is 5.69 Å². The first-order valence-corrected chi connectivity index (χ1v) is 7.46. The van der Waals surface area contributed by atoms with Crippen LogP contribution in [0.3, 0.4) is 0 Å². The summed E-state index contributed by atoms with van der Waals surface area (Å²) in [4.78, 5) is 0. The molecule has 0 heterocycles. The molecule has 0 aliphatic rings. The van der Waals surface area contributed by atoms with E-state index in [-0.39, 0.29) is 6.04 Å². The smallest absolute Gasteiger partial charge is 0.124 e. The van der Waals surface area contributed by atoms with Crippen molar-refractivity contribution in [3.8, 4) is 11.5 Å². The molecule has 2 aromatic rings. The minimum atomic E-state index is 0.121. The number of hydrogen-bond donors (Lipinski definition) is 1. The van der Waals surface area contributed by atoms with Gasteiger partial charge in [-0.25, -0.2) is 0 Å². The minimum absolute atomic E-state index is 0.121. The summed E-state index contributed by atoms with van der Waals surface area (Å²) < 4.78 is 11.9. The summed E-state index contributed by atoms with van der Waals surface area (Å²) in [5, 5.41) is 3.51. The van der Waals surface area contributed by atoms with Crippen LogP contribution >= 0.6 is 22.6 Å². The number of benzene rings is 2. The number of hydrogen-bond acceptors (Lipinski definition) is 3. The maximum Gasteiger partial charge on any atom is 0.124 e. The third kappa shape index (κ3) is 3.36. The summed E-state index contributed by atoms with van der Waals surface area (Å²) in [5.41, 5.74) is 2.19. The number of para-hydroxylation sites is 1. The lowest BCUT2D eigenvalue weighted by Gasteiger charge is -2.20. The highest BCUT2D eigenvalue weighted by Gasteiger charge is 2.13. The Hall–Kier alpha value is -1.43. The van der Waals surface area contributed by atoms with Gasteiger partial charge in [0.05, 0.1) is 20.3 Å². The highest BCUT2D eigenvalue weighted by Crippen LogP contribution is 2.32.